The van der Waals surface area contributed by atoms with E-state index in [2.05, 4.69) is 37.3 Å². The SMILES string of the molecule is N#Cc1cc(Nc2ncc3c(n2)CCCCC3=O)cc(OCc2ccc(Br)cc2)c1. The Morgan fingerprint density at radius 1 is 1.13 bits per heavy atom. The van der Waals surface area contributed by atoms with Gasteiger partial charge in [-0.05, 0) is 49.1 Å². The van der Waals surface area contributed by atoms with Gasteiger partial charge >= 0.3 is 0 Å². The van der Waals surface area contributed by atoms with Crippen molar-refractivity contribution >= 4 is 33.3 Å². The number of hydrogen-bond donors (Lipinski definition) is 1. The number of ketones is 1. The van der Waals surface area contributed by atoms with Crippen molar-refractivity contribution in [2.45, 2.75) is 32.3 Å². The van der Waals surface area contributed by atoms with E-state index in [-0.39, 0.29) is 5.78 Å². The Labute approximate surface area is 183 Å². The van der Waals surface area contributed by atoms with Gasteiger partial charge < -0.3 is 10.1 Å². The third kappa shape index (κ3) is 4.84. The van der Waals surface area contributed by atoms with Gasteiger partial charge in [0.15, 0.2) is 5.78 Å². The van der Waals surface area contributed by atoms with Gasteiger partial charge in [-0.25, -0.2) is 9.97 Å². The molecule has 2 aromatic carbocycles. The number of aryl methyl sites for hydroxylation is 1. The number of nitriles is 1. The van der Waals surface area contributed by atoms with Crippen LogP contribution in [0.4, 0.5) is 11.6 Å². The predicted molar refractivity (Wildman–Crippen MR) is 117 cm³/mol. The van der Waals surface area contributed by atoms with Crippen LogP contribution in [0.1, 0.15) is 46.4 Å². The molecule has 0 radical (unpaired) electrons. The summed E-state index contributed by atoms with van der Waals surface area (Å²) in [6, 6.07) is 15.2. The molecule has 1 aromatic heterocycles. The summed E-state index contributed by atoms with van der Waals surface area (Å²) in [6.07, 6.45) is 4.72. The average Bonchev–Trinajstić information content (AvgIpc) is 2.94. The van der Waals surface area contributed by atoms with Gasteiger partial charge in [-0.2, -0.15) is 5.26 Å². The molecule has 4 rings (SSSR count). The molecule has 0 saturated carbocycles. The molecule has 0 bridgehead atoms. The van der Waals surface area contributed by atoms with E-state index in [4.69, 9.17) is 4.74 Å². The second-order valence-electron chi connectivity index (χ2n) is 7.08. The minimum Gasteiger partial charge on any atom is -0.489 e. The van der Waals surface area contributed by atoms with Crippen LogP contribution in [0.25, 0.3) is 0 Å². The molecule has 0 atom stereocenters. The van der Waals surface area contributed by atoms with Crippen molar-refractivity contribution in [1.29, 1.82) is 5.26 Å². The van der Waals surface area contributed by atoms with Gasteiger partial charge in [0.2, 0.25) is 5.95 Å². The van der Waals surface area contributed by atoms with Crippen LogP contribution >= 0.6 is 15.9 Å². The van der Waals surface area contributed by atoms with Crippen molar-refractivity contribution in [2.24, 2.45) is 0 Å². The summed E-state index contributed by atoms with van der Waals surface area (Å²) < 4.78 is 6.89. The summed E-state index contributed by atoms with van der Waals surface area (Å²) >= 11 is 3.42. The molecule has 1 aliphatic rings. The largest absolute Gasteiger partial charge is 0.489 e. The maximum absolute atomic E-state index is 12.2. The fourth-order valence-electron chi connectivity index (χ4n) is 3.31. The summed E-state index contributed by atoms with van der Waals surface area (Å²) in [5.74, 6) is 1.07. The van der Waals surface area contributed by atoms with Gasteiger partial charge in [-0.1, -0.05) is 28.1 Å². The number of aromatic nitrogens is 2. The van der Waals surface area contributed by atoms with Crippen molar-refractivity contribution in [3.05, 3.63) is 75.5 Å². The van der Waals surface area contributed by atoms with Crippen LogP contribution in [0.5, 0.6) is 5.75 Å². The minimum atomic E-state index is 0.101. The van der Waals surface area contributed by atoms with Gasteiger partial charge in [0.05, 0.1) is 22.9 Å². The smallest absolute Gasteiger partial charge is 0.227 e. The Hall–Kier alpha value is -3.24. The van der Waals surface area contributed by atoms with Crippen molar-refractivity contribution in [3.8, 4) is 11.8 Å². The molecular weight excluding hydrogens is 444 g/mol. The fourth-order valence-corrected chi connectivity index (χ4v) is 3.57. The molecule has 7 heteroatoms. The lowest BCUT2D eigenvalue weighted by Crippen LogP contribution is -2.07. The number of anilines is 2. The summed E-state index contributed by atoms with van der Waals surface area (Å²) in [4.78, 5) is 21.0. The second kappa shape index (κ2) is 9.06. The molecule has 1 N–H and O–H groups in total. The van der Waals surface area contributed by atoms with E-state index in [0.717, 1.165) is 35.0 Å². The van der Waals surface area contributed by atoms with Gasteiger partial charge in [0, 0.05) is 28.8 Å². The van der Waals surface area contributed by atoms with Crippen molar-refractivity contribution in [2.75, 3.05) is 5.32 Å². The highest BCUT2D eigenvalue weighted by Crippen LogP contribution is 2.25. The molecule has 0 unspecified atom stereocenters. The van der Waals surface area contributed by atoms with Crippen molar-refractivity contribution in [1.82, 2.24) is 9.97 Å². The van der Waals surface area contributed by atoms with E-state index in [1.807, 2.05) is 24.3 Å². The first-order valence-corrected chi connectivity index (χ1v) is 10.5. The third-order valence-corrected chi connectivity index (χ3v) is 5.37. The van der Waals surface area contributed by atoms with Crippen LogP contribution in [0.15, 0.2) is 53.1 Å². The Balaban J connectivity index is 1.53. The molecule has 0 fully saturated rings. The Morgan fingerprint density at radius 2 is 1.93 bits per heavy atom. The standard InChI is InChI=1S/C23H19BrN4O2/c24-17-7-5-15(6-8-17)14-30-19-10-16(12-25)9-18(11-19)27-23-26-13-20-21(28-23)3-1-2-4-22(20)29/h5-11,13H,1-4,14H2,(H,26,27,28). The summed E-state index contributed by atoms with van der Waals surface area (Å²) in [7, 11) is 0. The summed E-state index contributed by atoms with van der Waals surface area (Å²) in [6.45, 7) is 0.388. The molecule has 150 valence electrons. The number of nitrogens with one attached hydrogen (secondary N) is 1. The highest BCUT2D eigenvalue weighted by Gasteiger charge is 2.18. The monoisotopic (exact) mass is 462 g/mol. The molecule has 1 heterocycles. The van der Waals surface area contributed by atoms with E-state index in [1.54, 1.807) is 24.4 Å². The number of Topliss-reactive ketones (excluding diaryl/α,β-unsaturated/α-hetero) is 1. The lowest BCUT2D eigenvalue weighted by atomic mass is 10.1. The van der Waals surface area contributed by atoms with Crippen LogP contribution in [0.2, 0.25) is 0 Å². The molecule has 30 heavy (non-hydrogen) atoms. The summed E-state index contributed by atoms with van der Waals surface area (Å²) in [5, 5.41) is 12.5. The first kappa shape index (κ1) is 20.0. The molecular formula is C23H19BrN4O2. The third-order valence-electron chi connectivity index (χ3n) is 4.85. The van der Waals surface area contributed by atoms with Crippen LogP contribution in [0.3, 0.4) is 0 Å². The van der Waals surface area contributed by atoms with Gasteiger partial charge in [-0.3, -0.25) is 4.79 Å². The lowest BCUT2D eigenvalue weighted by Gasteiger charge is -2.11. The van der Waals surface area contributed by atoms with Crippen molar-refractivity contribution < 1.29 is 9.53 Å². The van der Waals surface area contributed by atoms with Crippen LogP contribution in [-0.4, -0.2) is 15.8 Å². The number of carbonyl (C=O) groups is 1. The number of ether oxygens (including phenoxy) is 1. The highest BCUT2D eigenvalue weighted by molar-refractivity contribution is 9.10. The number of rotatable bonds is 5. The molecule has 3 aromatic rings. The Morgan fingerprint density at radius 3 is 2.73 bits per heavy atom. The average molecular weight is 463 g/mol. The normalized spacial score (nSPS) is 13.1. The zero-order valence-corrected chi connectivity index (χ0v) is 17.8. The van der Waals surface area contributed by atoms with Crippen molar-refractivity contribution in [3.63, 3.8) is 0 Å². The molecule has 0 aliphatic heterocycles. The number of hydrogen-bond acceptors (Lipinski definition) is 6. The summed E-state index contributed by atoms with van der Waals surface area (Å²) in [5.41, 5.74) is 3.53. The van der Waals surface area contributed by atoms with E-state index >= 15 is 0 Å². The van der Waals surface area contributed by atoms with Gasteiger partial charge in [0.25, 0.3) is 0 Å². The number of fused-ring (bicyclic) bond motifs is 1. The second-order valence-corrected chi connectivity index (χ2v) is 8.00. The highest BCUT2D eigenvalue weighted by atomic mass is 79.9. The van der Waals surface area contributed by atoms with E-state index in [0.29, 0.717) is 41.5 Å². The maximum atomic E-state index is 12.2. The molecule has 6 nitrogen and oxygen atoms in total. The maximum Gasteiger partial charge on any atom is 0.227 e. The first-order chi connectivity index (χ1) is 14.6. The Bertz CT molecular complexity index is 1120. The molecule has 1 aliphatic carbocycles. The van der Waals surface area contributed by atoms with Gasteiger partial charge in [0.1, 0.15) is 12.4 Å². The zero-order valence-electron chi connectivity index (χ0n) is 16.2. The number of benzene rings is 2. The van der Waals surface area contributed by atoms with Gasteiger partial charge in [-0.15, -0.1) is 0 Å². The molecule has 0 saturated heterocycles. The quantitative estimate of drug-likeness (QED) is 0.514. The van der Waals surface area contributed by atoms with E-state index < -0.39 is 0 Å². The predicted octanol–water partition coefficient (Wildman–Crippen LogP) is 5.34. The molecule has 0 amide bonds. The van der Waals surface area contributed by atoms with E-state index in [9.17, 15) is 10.1 Å². The topological polar surface area (TPSA) is 87.9 Å². The van der Waals surface area contributed by atoms with Crippen LogP contribution in [-0.2, 0) is 13.0 Å². The minimum absolute atomic E-state index is 0.101. The number of halogens is 1. The fraction of sp³-hybridized carbons (Fsp3) is 0.217. The van der Waals surface area contributed by atoms with E-state index in [1.165, 1.54) is 0 Å². The Kier molecular flexibility index (Phi) is 6.05. The first-order valence-electron chi connectivity index (χ1n) is 9.69. The zero-order chi connectivity index (χ0) is 20.9. The van der Waals surface area contributed by atoms with Crippen LogP contribution in [0, 0.1) is 11.3 Å². The van der Waals surface area contributed by atoms with Crippen LogP contribution < -0.4 is 10.1 Å². The number of carbonyl (C=O) groups excluding carboxylic acids is 1. The molecule has 0 spiro atoms. The number of nitrogens with zero attached hydrogens (tertiary/aromatic N) is 3. The lowest BCUT2D eigenvalue weighted by molar-refractivity contribution is 0.0981.